The molecule has 0 fully saturated rings. The average Bonchev–Trinajstić information content (AvgIpc) is 2.30. The molecule has 0 aliphatic heterocycles. The Labute approximate surface area is 109 Å². The van der Waals surface area contributed by atoms with Crippen molar-refractivity contribution in [3.63, 3.8) is 0 Å². The van der Waals surface area contributed by atoms with Gasteiger partial charge in [-0.1, -0.05) is 29.3 Å². The van der Waals surface area contributed by atoms with Crippen molar-refractivity contribution in [2.75, 3.05) is 5.73 Å². The van der Waals surface area contributed by atoms with E-state index in [1.165, 1.54) is 0 Å². The molecule has 0 atom stereocenters. The summed E-state index contributed by atoms with van der Waals surface area (Å²) in [6, 6.07) is 8.69. The highest BCUT2D eigenvalue weighted by atomic mass is 35.5. The van der Waals surface area contributed by atoms with Gasteiger partial charge in [0.05, 0.1) is 5.02 Å². The summed E-state index contributed by atoms with van der Waals surface area (Å²) < 4.78 is 5.55. The second-order valence-corrected chi connectivity index (χ2v) is 4.26. The molecule has 0 saturated carbocycles. The van der Waals surface area contributed by atoms with Crippen LogP contribution >= 0.6 is 23.2 Å². The molecule has 1 aromatic carbocycles. The summed E-state index contributed by atoms with van der Waals surface area (Å²) in [4.78, 5) is 3.96. The maximum absolute atomic E-state index is 5.98. The molecule has 2 rings (SSSR count). The molecule has 88 valence electrons. The molecular formula is C12H10Cl2N2O. The predicted octanol–water partition coefficient (Wildman–Crippen LogP) is 3.55. The minimum absolute atomic E-state index is 0.383. The van der Waals surface area contributed by atoms with E-state index in [-0.39, 0.29) is 0 Å². The van der Waals surface area contributed by atoms with Crippen LogP contribution in [0.4, 0.5) is 5.69 Å². The Kier molecular flexibility index (Phi) is 3.71. The Balaban J connectivity index is 2.04. The Bertz CT molecular complexity index is 514. The van der Waals surface area contributed by atoms with E-state index in [4.69, 9.17) is 33.7 Å². The summed E-state index contributed by atoms with van der Waals surface area (Å²) in [5, 5.41) is 0.950. The van der Waals surface area contributed by atoms with Crippen LogP contribution in [0.2, 0.25) is 10.2 Å². The van der Waals surface area contributed by atoms with Gasteiger partial charge in [-0.05, 0) is 24.3 Å². The van der Waals surface area contributed by atoms with E-state index >= 15 is 0 Å². The fraction of sp³-hybridized carbons (Fsp3) is 0.0833. The number of pyridine rings is 1. The Morgan fingerprint density at radius 2 is 2.00 bits per heavy atom. The number of benzene rings is 1. The fourth-order valence-electron chi connectivity index (χ4n) is 1.29. The molecule has 1 heterocycles. The molecule has 0 unspecified atom stereocenters. The minimum Gasteiger partial charge on any atom is -0.487 e. The number of hydrogen-bond acceptors (Lipinski definition) is 3. The lowest BCUT2D eigenvalue weighted by atomic mass is 10.3. The number of nitrogens with two attached hydrogens (primary N) is 1. The van der Waals surface area contributed by atoms with Gasteiger partial charge in [-0.2, -0.15) is 0 Å². The molecular weight excluding hydrogens is 259 g/mol. The van der Waals surface area contributed by atoms with Crippen LogP contribution in [-0.4, -0.2) is 4.98 Å². The number of nitrogens with zero attached hydrogens (tertiary/aromatic N) is 1. The fourth-order valence-corrected chi connectivity index (χ4v) is 1.64. The summed E-state index contributed by atoms with van der Waals surface area (Å²) in [6.45, 7) is 0.383. The molecule has 2 aromatic rings. The van der Waals surface area contributed by atoms with Crippen molar-refractivity contribution in [1.82, 2.24) is 4.98 Å². The quantitative estimate of drug-likeness (QED) is 0.684. The maximum atomic E-state index is 5.98. The van der Waals surface area contributed by atoms with Gasteiger partial charge in [-0.25, -0.2) is 4.98 Å². The molecule has 3 nitrogen and oxygen atoms in total. The third kappa shape index (κ3) is 3.25. The molecule has 2 N–H and O–H groups in total. The standard InChI is InChI=1S/C12H10Cl2N2O/c13-10-5-9(15)2-3-11(10)17-7-8-1-4-12(14)16-6-8/h1-6H,7,15H2. The monoisotopic (exact) mass is 268 g/mol. The molecule has 5 heteroatoms. The smallest absolute Gasteiger partial charge is 0.138 e. The first-order valence-electron chi connectivity index (χ1n) is 4.93. The molecule has 0 spiro atoms. The molecule has 1 aromatic heterocycles. The lowest BCUT2D eigenvalue weighted by Gasteiger charge is -2.08. The second kappa shape index (κ2) is 5.25. The van der Waals surface area contributed by atoms with Crippen molar-refractivity contribution in [3.05, 3.63) is 52.3 Å². The van der Waals surface area contributed by atoms with E-state index in [1.807, 2.05) is 6.07 Å². The van der Waals surface area contributed by atoms with Crippen LogP contribution in [0.3, 0.4) is 0 Å². The van der Waals surface area contributed by atoms with Gasteiger partial charge >= 0.3 is 0 Å². The molecule has 0 saturated heterocycles. The van der Waals surface area contributed by atoms with Crippen LogP contribution in [0.25, 0.3) is 0 Å². The van der Waals surface area contributed by atoms with E-state index in [2.05, 4.69) is 4.98 Å². The van der Waals surface area contributed by atoms with Crippen molar-refractivity contribution in [3.8, 4) is 5.75 Å². The zero-order valence-corrected chi connectivity index (χ0v) is 10.4. The number of hydrogen-bond donors (Lipinski definition) is 1. The summed E-state index contributed by atoms with van der Waals surface area (Å²) >= 11 is 11.7. The molecule has 0 bridgehead atoms. The van der Waals surface area contributed by atoms with E-state index in [9.17, 15) is 0 Å². The van der Waals surface area contributed by atoms with Gasteiger partial charge < -0.3 is 10.5 Å². The first-order chi connectivity index (χ1) is 8.15. The van der Waals surface area contributed by atoms with Crippen LogP contribution in [0, 0.1) is 0 Å². The van der Waals surface area contributed by atoms with Crippen LogP contribution in [0.15, 0.2) is 36.5 Å². The van der Waals surface area contributed by atoms with Crippen molar-refractivity contribution in [2.45, 2.75) is 6.61 Å². The summed E-state index contributed by atoms with van der Waals surface area (Å²) in [5.41, 5.74) is 7.11. The molecule has 17 heavy (non-hydrogen) atoms. The molecule has 0 amide bonds. The summed E-state index contributed by atoms with van der Waals surface area (Å²) in [7, 11) is 0. The van der Waals surface area contributed by atoms with Gasteiger partial charge in [0, 0.05) is 17.4 Å². The van der Waals surface area contributed by atoms with E-state index in [1.54, 1.807) is 30.5 Å². The van der Waals surface area contributed by atoms with Crippen LogP contribution in [0.1, 0.15) is 5.56 Å². The summed E-state index contributed by atoms with van der Waals surface area (Å²) in [5.74, 6) is 0.593. The van der Waals surface area contributed by atoms with Gasteiger partial charge in [-0.15, -0.1) is 0 Å². The van der Waals surface area contributed by atoms with E-state index < -0.39 is 0 Å². The topological polar surface area (TPSA) is 48.1 Å². The lowest BCUT2D eigenvalue weighted by Crippen LogP contribution is -1.97. The number of halogens is 2. The maximum Gasteiger partial charge on any atom is 0.138 e. The predicted molar refractivity (Wildman–Crippen MR) is 69.4 cm³/mol. The van der Waals surface area contributed by atoms with Crippen LogP contribution < -0.4 is 10.5 Å². The number of nitrogen functional groups attached to an aromatic ring is 1. The third-order valence-corrected chi connectivity index (χ3v) is 2.66. The van der Waals surface area contributed by atoms with E-state index in [0.717, 1.165) is 5.56 Å². The number of ether oxygens (including phenoxy) is 1. The Morgan fingerprint density at radius 1 is 1.18 bits per heavy atom. The van der Waals surface area contributed by atoms with Crippen molar-refractivity contribution in [1.29, 1.82) is 0 Å². The van der Waals surface area contributed by atoms with Gasteiger partial charge in [0.15, 0.2) is 0 Å². The molecule has 0 radical (unpaired) electrons. The highest BCUT2D eigenvalue weighted by molar-refractivity contribution is 6.32. The Hall–Kier alpha value is -1.45. The Morgan fingerprint density at radius 3 is 2.65 bits per heavy atom. The first-order valence-corrected chi connectivity index (χ1v) is 5.69. The SMILES string of the molecule is Nc1ccc(OCc2ccc(Cl)nc2)c(Cl)c1. The normalized spacial score (nSPS) is 10.2. The van der Waals surface area contributed by atoms with Crippen molar-refractivity contribution in [2.24, 2.45) is 0 Å². The lowest BCUT2D eigenvalue weighted by molar-refractivity contribution is 0.306. The number of aromatic nitrogens is 1. The van der Waals surface area contributed by atoms with Gasteiger partial charge in [0.2, 0.25) is 0 Å². The highest BCUT2D eigenvalue weighted by Crippen LogP contribution is 2.27. The van der Waals surface area contributed by atoms with Crippen molar-refractivity contribution >= 4 is 28.9 Å². The van der Waals surface area contributed by atoms with Crippen molar-refractivity contribution < 1.29 is 4.74 Å². The third-order valence-electron chi connectivity index (χ3n) is 2.14. The minimum atomic E-state index is 0.383. The van der Waals surface area contributed by atoms with Crippen LogP contribution in [0.5, 0.6) is 5.75 Å². The molecule has 0 aliphatic carbocycles. The molecule has 0 aliphatic rings. The largest absolute Gasteiger partial charge is 0.487 e. The second-order valence-electron chi connectivity index (χ2n) is 3.47. The van der Waals surface area contributed by atoms with Gasteiger partial charge in [0.1, 0.15) is 17.5 Å². The highest BCUT2D eigenvalue weighted by Gasteiger charge is 2.02. The number of anilines is 1. The van der Waals surface area contributed by atoms with E-state index in [0.29, 0.717) is 28.2 Å². The van der Waals surface area contributed by atoms with Gasteiger partial charge in [-0.3, -0.25) is 0 Å². The first kappa shape index (κ1) is 12.0. The zero-order valence-electron chi connectivity index (χ0n) is 8.86. The number of rotatable bonds is 3. The summed E-state index contributed by atoms with van der Waals surface area (Å²) in [6.07, 6.45) is 1.66. The average molecular weight is 269 g/mol. The zero-order chi connectivity index (χ0) is 12.3. The van der Waals surface area contributed by atoms with Gasteiger partial charge in [0.25, 0.3) is 0 Å². The van der Waals surface area contributed by atoms with Crippen LogP contribution in [-0.2, 0) is 6.61 Å².